The van der Waals surface area contributed by atoms with Crippen LogP contribution >= 0.6 is 12.2 Å². The molecule has 1 saturated heterocycles. The maximum atomic E-state index is 5.71. The van der Waals surface area contributed by atoms with Crippen molar-refractivity contribution in [3.05, 3.63) is 83.9 Å². The highest BCUT2D eigenvalue weighted by Crippen LogP contribution is 2.40. The van der Waals surface area contributed by atoms with E-state index in [9.17, 15) is 0 Å². The van der Waals surface area contributed by atoms with Gasteiger partial charge in [0.15, 0.2) is 5.11 Å². The van der Waals surface area contributed by atoms with E-state index in [0.29, 0.717) is 0 Å². The molecular weight excluding hydrogens is 352 g/mol. The minimum Gasteiger partial charge on any atom is -0.352 e. The van der Waals surface area contributed by atoms with E-state index >= 15 is 0 Å². The van der Waals surface area contributed by atoms with Crippen molar-refractivity contribution in [1.82, 2.24) is 19.8 Å². The zero-order chi connectivity index (χ0) is 19.0. The number of aromatic nitrogens is 2. The van der Waals surface area contributed by atoms with E-state index in [2.05, 4.69) is 89.2 Å². The van der Waals surface area contributed by atoms with Crippen LogP contribution in [0.15, 0.2) is 67.0 Å². The third kappa shape index (κ3) is 3.12. The second-order valence-corrected chi connectivity index (χ2v) is 7.60. The van der Waals surface area contributed by atoms with Crippen LogP contribution in [0.1, 0.15) is 42.9 Å². The quantitative estimate of drug-likeness (QED) is 0.677. The Bertz CT molecular complexity index is 948. The molecule has 138 valence electrons. The first-order valence-electron chi connectivity index (χ1n) is 9.31. The topological polar surface area (TPSA) is 33.1 Å². The number of hydrogen-bond donors (Lipinski definition) is 1. The van der Waals surface area contributed by atoms with Crippen molar-refractivity contribution in [1.29, 1.82) is 0 Å². The fourth-order valence-corrected chi connectivity index (χ4v) is 4.38. The zero-order valence-electron chi connectivity index (χ0n) is 15.8. The monoisotopic (exact) mass is 376 g/mol. The van der Waals surface area contributed by atoms with Gasteiger partial charge in [0, 0.05) is 29.8 Å². The summed E-state index contributed by atoms with van der Waals surface area (Å²) in [5, 5.41) is 4.30. The number of hydrogen-bond acceptors (Lipinski definition) is 2. The Morgan fingerprint density at radius 2 is 1.81 bits per heavy atom. The Labute approximate surface area is 165 Å². The van der Waals surface area contributed by atoms with Crippen molar-refractivity contribution in [2.45, 2.75) is 38.9 Å². The van der Waals surface area contributed by atoms with Gasteiger partial charge in [0.05, 0.1) is 17.8 Å². The lowest BCUT2D eigenvalue weighted by atomic mass is 10.00. The first-order chi connectivity index (χ1) is 13.1. The number of thiocarbonyl (C=S) groups is 1. The number of rotatable bonds is 4. The predicted molar refractivity (Wildman–Crippen MR) is 113 cm³/mol. The SMILES string of the molecule is Cc1ccccc1-n1cccc1[C@H]1[C@@H](c2ccccn2)NC(=S)N1C(C)C. The summed E-state index contributed by atoms with van der Waals surface area (Å²) in [6, 6.07) is 19.2. The predicted octanol–water partition coefficient (Wildman–Crippen LogP) is 4.56. The summed E-state index contributed by atoms with van der Waals surface area (Å²) in [6.07, 6.45) is 3.97. The number of aryl methyl sites for hydroxylation is 1. The van der Waals surface area contributed by atoms with Gasteiger partial charge in [-0.25, -0.2) is 0 Å². The first-order valence-corrected chi connectivity index (χ1v) is 9.72. The number of nitrogens with zero attached hydrogens (tertiary/aromatic N) is 3. The summed E-state index contributed by atoms with van der Waals surface area (Å²) < 4.78 is 2.28. The summed E-state index contributed by atoms with van der Waals surface area (Å²) in [5.74, 6) is 0. The van der Waals surface area contributed by atoms with Gasteiger partial charge in [-0.2, -0.15) is 0 Å². The molecule has 1 aliphatic rings. The molecule has 2 atom stereocenters. The second kappa shape index (κ2) is 7.16. The molecule has 1 fully saturated rings. The molecule has 0 saturated carbocycles. The Morgan fingerprint density at radius 1 is 1.04 bits per heavy atom. The molecule has 0 aliphatic carbocycles. The molecule has 3 aromatic rings. The van der Waals surface area contributed by atoms with Crippen LogP contribution in [0.4, 0.5) is 0 Å². The molecule has 1 aromatic carbocycles. The minimum absolute atomic E-state index is 0.0127. The molecule has 4 nitrogen and oxygen atoms in total. The average Bonchev–Trinajstić information content (AvgIpc) is 3.26. The lowest BCUT2D eigenvalue weighted by Gasteiger charge is -2.32. The minimum atomic E-state index is 0.0127. The molecule has 1 N–H and O–H groups in total. The van der Waals surface area contributed by atoms with Gasteiger partial charge in [-0.15, -0.1) is 0 Å². The maximum absolute atomic E-state index is 5.71. The largest absolute Gasteiger partial charge is 0.352 e. The van der Waals surface area contributed by atoms with Gasteiger partial charge >= 0.3 is 0 Å². The number of benzene rings is 1. The van der Waals surface area contributed by atoms with Crippen molar-refractivity contribution in [3.8, 4) is 5.69 Å². The van der Waals surface area contributed by atoms with Crippen LogP contribution in [0, 0.1) is 6.92 Å². The summed E-state index contributed by atoms with van der Waals surface area (Å²) in [5.41, 5.74) is 4.65. The molecule has 0 spiro atoms. The molecule has 5 heteroatoms. The highest BCUT2D eigenvalue weighted by molar-refractivity contribution is 7.80. The molecule has 0 amide bonds. The molecule has 27 heavy (non-hydrogen) atoms. The van der Waals surface area contributed by atoms with Crippen molar-refractivity contribution < 1.29 is 0 Å². The van der Waals surface area contributed by atoms with Gasteiger partial charge in [-0.1, -0.05) is 24.3 Å². The average molecular weight is 377 g/mol. The highest BCUT2D eigenvalue weighted by Gasteiger charge is 2.42. The fourth-order valence-electron chi connectivity index (χ4n) is 3.93. The molecule has 0 bridgehead atoms. The lowest BCUT2D eigenvalue weighted by molar-refractivity contribution is 0.262. The van der Waals surface area contributed by atoms with Gasteiger partial charge in [0.2, 0.25) is 0 Å². The van der Waals surface area contributed by atoms with E-state index in [4.69, 9.17) is 12.2 Å². The number of nitrogens with one attached hydrogen (secondary N) is 1. The van der Waals surface area contributed by atoms with E-state index in [1.165, 1.54) is 16.9 Å². The van der Waals surface area contributed by atoms with Gasteiger partial charge < -0.3 is 14.8 Å². The summed E-state index contributed by atoms with van der Waals surface area (Å²) >= 11 is 5.71. The molecular formula is C22H24N4S. The van der Waals surface area contributed by atoms with Gasteiger partial charge in [0.25, 0.3) is 0 Å². The highest BCUT2D eigenvalue weighted by atomic mass is 32.1. The van der Waals surface area contributed by atoms with Crippen molar-refractivity contribution in [2.24, 2.45) is 0 Å². The van der Waals surface area contributed by atoms with Crippen LogP contribution in [0.5, 0.6) is 0 Å². The van der Waals surface area contributed by atoms with Crippen LogP contribution in [0.25, 0.3) is 5.69 Å². The van der Waals surface area contributed by atoms with Gasteiger partial charge in [-0.05, 0) is 68.9 Å². The summed E-state index contributed by atoms with van der Waals surface area (Å²) in [4.78, 5) is 6.90. The Morgan fingerprint density at radius 3 is 2.52 bits per heavy atom. The van der Waals surface area contributed by atoms with Crippen molar-refractivity contribution >= 4 is 17.3 Å². The Balaban J connectivity index is 1.86. The fraction of sp³-hybridized carbons (Fsp3) is 0.273. The molecule has 0 unspecified atom stereocenters. The number of para-hydroxylation sites is 1. The van der Waals surface area contributed by atoms with Crippen LogP contribution in [-0.4, -0.2) is 25.6 Å². The van der Waals surface area contributed by atoms with E-state index in [0.717, 1.165) is 10.8 Å². The van der Waals surface area contributed by atoms with E-state index < -0.39 is 0 Å². The Kier molecular flexibility index (Phi) is 4.70. The maximum Gasteiger partial charge on any atom is 0.170 e. The van der Waals surface area contributed by atoms with E-state index in [-0.39, 0.29) is 18.1 Å². The Hall–Kier alpha value is -2.66. The second-order valence-electron chi connectivity index (χ2n) is 7.22. The summed E-state index contributed by atoms with van der Waals surface area (Å²) in [7, 11) is 0. The van der Waals surface area contributed by atoms with Crippen LogP contribution in [0.3, 0.4) is 0 Å². The normalized spacial score (nSPS) is 19.6. The van der Waals surface area contributed by atoms with Crippen molar-refractivity contribution in [3.63, 3.8) is 0 Å². The molecule has 4 rings (SSSR count). The number of pyridine rings is 1. The van der Waals surface area contributed by atoms with Crippen LogP contribution < -0.4 is 5.32 Å². The van der Waals surface area contributed by atoms with Crippen LogP contribution in [0.2, 0.25) is 0 Å². The molecule has 2 aromatic heterocycles. The standard InChI is InChI=1S/C22H24N4S/c1-15(2)26-21(20(24-22(26)27)17-10-6-7-13-23-17)19-12-8-14-25(19)18-11-5-4-9-16(18)3/h4-15,20-21H,1-3H3,(H,24,27)/t20-,21+/m1/s1. The zero-order valence-corrected chi connectivity index (χ0v) is 16.6. The lowest BCUT2D eigenvalue weighted by Crippen LogP contribution is -2.36. The first kappa shape index (κ1) is 17.7. The third-order valence-corrected chi connectivity index (χ3v) is 5.48. The molecule has 1 aliphatic heterocycles. The summed E-state index contributed by atoms with van der Waals surface area (Å²) in [6.45, 7) is 6.51. The van der Waals surface area contributed by atoms with E-state index in [1.54, 1.807) is 0 Å². The van der Waals surface area contributed by atoms with Crippen molar-refractivity contribution in [2.75, 3.05) is 0 Å². The third-order valence-electron chi connectivity index (χ3n) is 5.15. The van der Waals surface area contributed by atoms with E-state index in [1.807, 2.05) is 18.3 Å². The molecule has 0 radical (unpaired) electrons. The van der Waals surface area contributed by atoms with Gasteiger partial charge in [0.1, 0.15) is 0 Å². The van der Waals surface area contributed by atoms with Crippen LogP contribution in [-0.2, 0) is 0 Å². The van der Waals surface area contributed by atoms with Gasteiger partial charge in [-0.3, -0.25) is 4.98 Å². The smallest absolute Gasteiger partial charge is 0.170 e. The molecule has 3 heterocycles.